The number of fused-ring (bicyclic) bond motifs is 5. The number of ether oxygens (including phenoxy) is 1. The van der Waals surface area contributed by atoms with Crippen LogP contribution in [0, 0.1) is 46.3 Å². The predicted octanol–water partition coefficient (Wildman–Crippen LogP) is 6.04. The summed E-state index contributed by atoms with van der Waals surface area (Å²) in [5.74, 6) is 2.68. The second-order valence-corrected chi connectivity index (χ2v) is 18.3. The lowest BCUT2D eigenvalue weighted by atomic mass is 9.45. The third kappa shape index (κ3) is 8.38. The molecule has 3 unspecified atom stereocenters. The van der Waals surface area contributed by atoms with Crippen LogP contribution in [0.5, 0.6) is 0 Å². The first kappa shape index (κ1) is 41.4. The number of halogens is 3. The van der Waals surface area contributed by atoms with Crippen LogP contribution in [-0.4, -0.2) is 76.4 Å². The SMILES string of the molecule is C[C@@H]1C[C@H]2[C@@H]3C[C@H](F)C4=CC(=O)C=C[C@]4(C)[C@@]3(F)[C@@H](OP(=O)(O)OP(=O)(O)OCCNC(=O)COC3C#CCCCCC3)C[C@@]2(C)[C]1C(=O)SCF. The van der Waals surface area contributed by atoms with Crippen molar-refractivity contribution in [3.05, 3.63) is 29.7 Å². The van der Waals surface area contributed by atoms with E-state index in [4.69, 9.17) is 13.8 Å². The average Bonchev–Trinajstić information content (AvgIpc) is 3.30. The minimum Gasteiger partial charge on any atom is -0.356 e. The molecule has 0 aromatic carbocycles. The fourth-order valence-corrected chi connectivity index (χ4v) is 12.0. The van der Waals surface area contributed by atoms with Gasteiger partial charge in [0.1, 0.15) is 31.0 Å². The van der Waals surface area contributed by atoms with Gasteiger partial charge in [0.15, 0.2) is 16.6 Å². The smallest absolute Gasteiger partial charge is 0.356 e. The topological polar surface area (TPSA) is 175 Å². The van der Waals surface area contributed by atoms with Crippen LogP contribution in [0.25, 0.3) is 0 Å². The van der Waals surface area contributed by atoms with Gasteiger partial charge in [-0.2, -0.15) is 4.31 Å². The molecule has 12 nitrogen and oxygen atoms in total. The first-order valence-electron chi connectivity index (χ1n) is 17.3. The quantitative estimate of drug-likeness (QED) is 0.112. The summed E-state index contributed by atoms with van der Waals surface area (Å²) < 4.78 is 94.1. The van der Waals surface area contributed by atoms with E-state index < -0.39 is 111 Å². The minimum atomic E-state index is -5.69. The van der Waals surface area contributed by atoms with E-state index in [1.165, 1.54) is 13.0 Å². The Balaban J connectivity index is 1.30. The molecule has 5 aliphatic carbocycles. The van der Waals surface area contributed by atoms with Gasteiger partial charge in [-0.15, -0.1) is 5.92 Å². The molecule has 0 heterocycles. The summed E-state index contributed by atoms with van der Waals surface area (Å²) in [5.41, 5.74) is -6.00. The van der Waals surface area contributed by atoms with Crippen LogP contribution >= 0.6 is 27.4 Å². The fraction of sp³-hybridized carbons (Fsp3) is 0.706. The second kappa shape index (κ2) is 16.1. The Morgan fingerprint density at radius 3 is 2.62 bits per heavy atom. The predicted molar refractivity (Wildman–Crippen MR) is 184 cm³/mol. The Kier molecular flexibility index (Phi) is 12.8. The van der Waals surface area contributed by atoms with Crippen molar-refractivity contribution < 1.29 is 64.6 Å². The molecule has 1 radical (unpaired) electrons. The number of carbonyl (C=O) groups is 3. The summed E-state index contributed by atoms with van der Waals surface area (Å²) in [6.45, 7) is 3.41. The number of carbonyl (C=O) groups excluding carboxylic acids is 3. The number of thioether (sulfide) groups is 1. The van der Waals surface area contributed by atoms with Crippen molar-refractivity contribution in [2.24, 2.45) is 28.6 Å². The number of allylic oxidation sites excluding steroid dienone is 4. The van der Waals surface area contributed by atoms with E-state index in [1.54, 1.807) is 13.8 Å². The molecule has 18 heteroatoms. The Hall–Kier alpha value is -1.79. The number of phosphoric ester groups is 2. The molecule has 0 bridgehead atoms. The largest absolute Gasteiger partial charge is 0.481 e. The van der Waals surface area contributed by atoms with Crippen LogP contribution in [0.4, 0.5) is 13.2 Å². The van der Waals surface area contributed by atoms with Gasteiger partial charge in [-0.25, -0.2) is 22.3 Å². The van der Waals surface area contributed by atoms with E-state index in [2.05, 4.69) is 21.5 Å². The van der Waals surface area contributed by atoms with Gasteiger partial charge in [0.25, 0.3) is 0 Å². The zero-order chi connectivity index (χ0) is 38.1. The minimum absolute atomic E-state index is 0.190. The van der Waals surface area contributed by atoms with Crippen molar-refractivity contribution in [1.29, 1.82) is 0 Å². The Morgan fingerprint density at radius 2 is 1.88 bits per heavy atom. The Morgan fingerprint density at radius 1 is 1.13 bits per heavy atom. The Labute approximate surface area is 305 Å². The van der Waals surface area contributed by atoms with Crippen molar-refractivity contribution in [2.45, 2.75) is 96.2 Å². The average molecular weight is 795 g/mol. The maximum Gasteiger partial charge on any atom is 0.481 e. The second-order valence-electron chi connectivity index (χ2n) is 14.5. The number of ketones is 1. The number of alkyl halides is 3. The lowest BCUT2D eigenvalue weighted by molar-refractivity contribution is -0.189. The molecular weight excluding hydrogens is 749 g/mol. The normalized spacial score (nSPS) is 38.2. The lowest BCUT2D eigenvalue weighted by Crippen LogP contribution is -2.68. The molecule has 3 fully saturated rings. The highest BCUT2D eigenvalue weighted by atomic mass is 32.2. The monoisotopic (exact) mass is 794 g/mol. The third-order valence-electron chi connectivity index (χ3n) is 11.2. The number of hydrogen-bond donors (Lipinski definition) is 3. The van der Waals surface area contributed by atoms with E-state index in [1.807, 2.05) is 0 Å². The number of hydrogen-bond acceptors (Lipinski definition) is 10. The van der Waals surface area contributed by atoms with Gasteiger partial charge in [-0.1, -0.05) is 44.0 Å². The third-order valence-corrected chi connectivity index (χ3v) is 14.5. The number of rotatable bonds is 13. The zero-order valence-corrected chi connectivity index (χ0v) is 31.8. The van der Waals surface area contributed by atoms with Gasteiger partial charge in [0, 0.05) is 24.3 Å². The number of nitrogens with one attached hydrogen (secondary N) is 1. The van der Waals surface area contributed by atoms with E-state index in [9.17, 15) is 37.7 Å². The van der Waals surface area contributed by atoms with Gasteiger partial charge in [-0.05, 0) is 80.4 Å². The molecule has 0 spiro atoms. The maximum absolute atomic E-state index is 18.3. The van der Waals surface area contributed by atoms with Crippen molar-refractivity contribution in [3.63, 3.8) is 0 Å². The van der Waals surface area contributed by atoms with Crippen LogP contribution in [0.3, 0.4) is 0 Å². The highest BCUT2D eigenvalue weighted by Crippen LogP contribution is 2.73. The molecule has 52 heavy (non-hydrogen) atoms. The molecule has 0 aromatic heterocycles. The van der Waals surface area contributed by atoms with Crippen molar-refractivity contribution in [2.75, 3.05) is 25.8 Å². The molecule has 1 amide bonds. The van der Waals surface area contributed by atoms with E-state index in [-0.39, 0.29) is 31.1 Å². The molecule has 11 atom stereocenters. The van der Waals surface area contributed by atoms with Crippen molar-refractivity contribution >= 4 is 44.2 Å². The van der Waals surface area contributed by atoms with E-state index >= 15 is 8.78 Å². The summed E-state index contributed by atoms with van der Waals surface area (Å²) >= 11 is 0.414. The first-order valence-corrected chi connectivity index (χ1v) is 21.3. The van der Waals surface area contributed by atoms with E-state index in [0.29, 0.717) is 18.2 Å². The summed E-state index contributed by atoms with van der Waals surface area (Å²) in [7, 11) is -11.1. The molecule has 0 aliphatic heterocycles. The van der Waals surface area contributed by atoms with Gasteiger partial charge >= 0.3 is 15.6 Å². The Bertz CT molecular complexity index is 1640. The van der Waals surface area contributed by atoms with Crippen molar-refractivity contribution in [3.8, 4) is 11.8 Å². The van der Waals surface area contributed by atoms with Crippen molar-refractivity contribution in [1.82, 2.24) is 5.32 Å². The van der Waals surface area contributed by atoms with Crippen LogP contribution in [0.1, 0.15) is 72.1 Å². The standard InChI is InChI=1S/C34H45F3NO11P2S/c1-21-15-24-25-17-27(36)26-16-22(39)11-12-33(26,3)34(25,37)28(18-32(24,2)30(21)31(41)52-20-35)48-51(44,45)49-50(42,43)47-14-13-38-29(40)19-46-23-9-7-5-4-6-8-10-23/h11-12,16,21,23-25,27-28H,4-7,9,13-15,17-20H2,1-3H3,(H,38,40)(H,42,43)(H,44,45)/t21-,23?,24+,25+,27+,28+,32-,33+,34+/m1/s1. The van der Waals surface area contributed by atoms with E-state index in [0.717, 1.165) is 37.8 Å². The molecule has 5 rings (SSSR count). The summed E-state index contributed by atoms with van der Waals surface area (Å²) in [6.07, 6.45) is 2.85. The molecular formula is C34H45F3NO11P2S. The van der Waals surface area contributed by atoms with Crippen LogP contribution in [-0.2, 0) is 41.6 Å². The molecule has 0 saturated heterocycles. The molecule has 5 aliphatic rings. The molecule has 3 N–H and O–H groups in total. The number of phosphoric acid groups is 2. The van der Waals surface area contributed by atoms with Crippen LogP contribution in [0.2, 0.25) is 0 Å². The van der Waals surface area contributed by atoms with Gasteiger partial charge < -0.3 is 19.8 Å². The molecule has 3 saturated carbocycles. The first-order chi connectivity index (χ1) is 24.4. The zero-order valence-electron chi connectivity index (χ0n) is 29.2. The highest BCUT2D eigenvalue weighted by Gasteiger charge is 2.74. The fourth-order valence-electron chi connectivity index (χ4n) is 9.01. The maximum atomic E-state index is 18.3. The molecule has 289 valence electrons. The van der Waals surface area contributed by atoms with Gasteiger partial charge in [0.2, 0.25) is 5.91 Å². The highest BCUT2D eigenvalue weighted by molar-refractivity contribution is 8.13. The lowest BCUT2D eigenvalue weighted by Gasteiger charge is -2.62. The van der Waals surface area contributed by atoms with Crippen LogP contribution < -0.4 is 5.32 Å². The number of amides is 1. The molecule has 0 aromatic rings. The summed E-state index contributed by atoms with van der Waals surface area (Å²) in [4.78, 5) is 58.9. The van der Waals surface area contributed by atoms with Gasteiger partial charge in [0.05, 0.1) is 12.5 Å². The summed E-state index contributed by atoms with van der Waals surface area (Å²) in [5, 5.41) is 1.83. The summed E-state index contributed by atoms with van der Waals surface area (Å²) in [6, 6.07) is -1.03. The van der Waals surface area contributed by atoms with Gasteiger partial charge in [-0.3, -0.25) is 23.4 Å². The van der Waals surface area contributed by atoms with Crippen LogP contribution in [0.15, 0.2) is 23.8 Å².